The van der Waals surface area contributed by atoms with E-state index in [9.17, 15) is 19.7 Å². The Morgan fingerprint density at radius 1 is 0.941 bits per heavy atom. The molecule has 0 fully saturated rings. The Morgan fingerprint density at radius 3 is 2.24 bits per heavy atom. The van der Waals surface area contributed by atoms with Gasteiger partial charge in [0, 0.05) is 36.9 Å². The maximum Gasteiger partial charge on any atom is 0.311 e. The van der Waals surface area contributed by atoms with Crippen molar-refractivity contribution in [1.82, 2.24) is 19.6 Å². The maximum atomic E-state index is 12.6. The van der Waals surface area contributed by atoms with Crippen molar-refractivity contribution in [2.75, 3.05) is 10.6 Å². The van der Waals surface area contributed by atoms with Crippen molar-refractivity contribution in [3.05, 3.63) is 94.6 Å². The number of nitro benzene ring substituents is 1. The quantitative estimate of drug-likeness (QED) is 0.303. The Bertz CT molecular complexity index is 1360. The molecule has 0 atom stereocenters. The van der Waals surface area contributed by atoms with Crippen LogP contribution in [0, 0.1) is 10.1 Å². The third-order valence-corrected chi connectivity index (χ3v) is 4.61. The predicted octanol–water partition coefficient (Wildman–Crippen LogP) is 3.07. The van der Waals surface area contributed by atoms with Gasteiger partial charge in [0.05, 0.1) is 4.92 Å². The van der Waals surface area contributed by atoms with Gasteiger partial charge < -0.3 is 15.4 Å². The van der Waals surface area contributed by atoms with Crippen LogP contribution in [0.5, 0.6) is 5.75 Å². The average Bonchev–Trinajstić information content (AvgIpc) is 3.47. The van der Waals surface area contributed by atoms with Gasteiger partial charge in [-0.25, -0.2) is 4.68 Å². The lowest BCUT2D eigenvalue weighted by Gasteiger charge is -2.08. The molecule has 0 radical (unpaired) electrons. The Kier molecular flexibility index (Phi) is 6.30. The molecule has 0 aliphatic heterocycles. The summed E-state index contributed by atoms with van der Waals surface area (Å²) in [6.07, 6.45) is 3.18. The number of rotatable bonds is 8. The molecule has 4 aromatic rings. The molecule has 2 amide bonds. The summed E-state index contributed by atoms with van der Waals surface area (Å²) >= 11 is 0. The normalized spacial score (nSPS) is 10.5. The van der Waals surface area contributed by atoms with Gasteiger partial charge in [0.2, 0.25) is 0 Å². The lowest BCUT2D eigenvalue weighted by molar-refractivity contribution is -0.386. The summed E-state index contributed by atoms with van der Waals surface area (Å²) in [6.45, 7) is -0.118. The number of aromatic nitrogens is 4. The topological polar surface area (TPSA) is 146 Å². The monoisotopic (exact) mass is 461 g/mol. The van der Waals surface area contributed by atoms with Crippen molar-refractivity contribution in [3.8, 4) is 5.75 Å². The highest BCUT2D eigenvalue weighted by molar-refractivity contribution is 6.05. The van der Waals surface area contributed by atoms with Gasteiger partial charge in [-0.1, -0.05) is 18.2 Å². The van der Waals surface area contributed by atoms with Crippen LogP contribution < -0.4 is 15.4 Å². The first-order valence-electron chi connectivity index (χ1n) is 10.0. The Balaban J connectivity index is 1.37. The maximum absolute atomic E-state index is 12.6. The molecule has 0 spiro atoms. The van der Waals surface area contributed by atoms with E-state index in [0.29, 0.717) is 11.4 Å². The van der Waals surface area contributed by atoms with Crippen molar-refractivity contribution < 1.29 is 19.2 Å². The van der Waals surface area contributed by atoms with Crippen molar-refractivity contribution in [2.45, 2.75) is 6.73 Å². The number of benzene rings is 2. The molecule has 12 heteroatoms. The van der Waals surface area contributed by atoms with Crippen LogP contribution in [0.25, 0.3) is 0 Å². The fourth-order valence-corrected chi connectivity index (χ4v) is 3.02. The van der Waals surface area contributed by atoms with E-state index in [4.69, 9.17) is 4.74 Å². The van der Waals surface area contributed by atoms with Crippen LogP contribution in [0.1, 0.15) is 21.0 Å². The minimum Gasteiger partial charge on any atom is -0.464 e. The summed E-state index contributed by atoms with van der Waals surface area (Å²) in [5.74, 6) is -0.752. The van der Waals surface area contributed by atoms with E-state index >= 15 is 0 Å². The van der Waals surface area contributed by atoms with Gasteiger partial charge in [-0.3, -0.25) is 24.4 Å². The molecule has 0 aliphatic rings. The molecule has 0 aliphatic carbocycles. The molecule has 0 unspecified atom stereocenters. The molecular formula is C22H19N7O5. The van der Waals surface area contributed by atoms with Crippen LogP contribution in [0.15, 0.2) is 73.1 Å². The summed E-state index contributed by atoms with van der Waals surface area (Å²) in [7, 11) is 1.71. The molecule has 2 heterocycles. The van der Waals surface area contributed by atoms with E-state index in [1.54, 1.807) is 55.7 Å². The van der Waals surface area contributed by atoms with E-state index in [-0.39, 0.29) is 35.5 Å². The predicted molar refractivity (Wildman–Crippen MR) is 122 cm³/mol. The second kappa shape index (κ2) is 9.65. The Labute approximate surface area is 192 Å². The third kappa shape index (κ3) is 5.24. The van der Waals surface area contributed by atoms with Crippen molar-refractivity contribution in [2.24, 2.45) is 7.05 Å². The number of nitro groups is 1. The highest BCUT2D eigenvalue weighted by atomic mass is 16.6. The Hall–Kier alpha value is -5.00. The number of carbonyl (C=O) groups is 2. The van der Waals surface area contributed by atoms with Gasteiger partial charge in [-0.2, -0.15) is 10.2 Å². The molecule has 0 saturated heterocycles. The van der Waals surface area contributed by atoms with E-state index < -0.39 is 10.8 Å². The number of ether oxygens (including phenoxy) is 1. The average molecular weight is 461 g/mol. The highest BCUT2D eigenvalue weighted by Gasteiger charge is 2.15. The molecule has 4 rings (SSSR count). The zero-order valence-electron chi connectivity index (χ0n) is 17.9. The summed E-state index contributed by atoms with van der Waals surface area (Å²) in [5, 5.41) is 24.7. The van der Waals surface area contributed by atoms with Gasteiger partial charge in [0.25, 0.3) is 11.8 Å². The number of aryl methyl sites for hydroxylation is 1. The lowest BCUT2D eigenvalue weighted by atomic mass is 10.2. The van der Waals surface area contributed by atoms with Crippen LogP contribution in [0.3, 0.4) is 0 Å². The molecule has 0 saturated carbocycles. The van der Waals surface area contributed by atoms with E-state index in [2.05, 4.69) is 20.8 Å². The largest absolute Gasteiger partial charge is 0.464 e. The van der Waals surface area contributed by atoms with Crippen LogP contribution in [-0.2, 0) is 13.8 Å². The first-order valence-corrected chi connectivity index (χ1v) is 10.0. The summed E-state index contributed by atoms with van der Waals surface area (Å²) in [6, 6.07) is 15.7. The molecule has 2 N–H and O–H groups in total. The number of nitrogens with zero attached hydrogens (tertiary/aromatic N) is 5. The van der Waals surface area contributed by atoms with Gasteiger partial charge >= 0.3 is 5.69 Å². The zero-order valence-corrected chi connectivity index (χ0v) is 17.9. The van der Waals surface area contributed by atoms with Gasteiger partial charge in [-0.15, -0.1) is 0 Å². The van der Waals surface area contributed by atoms with Crippen molar-refractivity contribution >= 4 is 28.9 Å². The molecule has 34 heavy (non-hydrogen) atoms. The number of para-hydroxylation sites is 2. The standard InChI is InChI=1S/C22H19N7O5/c1-27-11-9-17(25-27)21(30)23-15-5-4-6-16(13-15)24-22(31)18-10-12-28(26-18)14-34-20-8-3-2-7-19(20)29(32)33/h2-13H,14H2,1H3,(H,23,30)(H,24,31). The van der Waals surface area contributed by atoms with Crippen molar-refractivity contribution in [1.29, 1.82) is 0 Å². The van der Waals surface area contributed by atoms with Crippen LogP contribution >= 0.6 is 0 Å². The smallest absolute Gasteiger partial charge is 0.311 e. The van der Waals surface area contributed by atoms with Gasteiger partial charge in [-0.05, 0) is 36.4 Å². The van der Waals surface area contributed by atoms with Crippen LogP contribution in [-0.4, -0.2) is 36.3 Å². The molecule has 2 aromatic heterocycles. The zero-order chi connectivity index (χ0) is 24.1. The first-order chi connectivity index (χ1) is 16.4. The number of carbonyl (C=O) groups excluding carboxylic acids is 2. The number of hydrogen-bond donors (Lipinski definition) is 2. The molecular weight excluding hydrogens is 442 g/mol. The van der Waals surface area contributed by atoms with Gasteiger partial charge in [0.15, 0.2) is 23.9 Å². The van der Waals surface area contributed by atoms with Crippen LogP contribution in [0.4, 0.5) is 17.1 Å². The molecule has 0 bridgehead atoms. The number of nitrogens with one attached hydrogen (secondary N) is 2. The lowest BCUT2D eigenvalue weighted by Crippen LogP contribution is -2.15. The molecule has 172 valence electrons. The van der Waals surface area contributed by atoms with E-state index in [1.165, 1.54) is 33.8 Å². The van der Waals surface area contributed by atoms with Gasteiger partial charge in [0.1, 0.15) is 0 Å². The minimum absolute atomic E-state index is 0.0959. The fraction of sp³-hybridized carbons (Fsp3) is 0.0909. The van der Waals surface area contributed by atoms with Crippen molar-refractivity contribution in [3.63, 3.8) is 0 Å². The summed E-state index contributed by atoms with van der Waals surface area (Å²) in [4.78, 5) is 35.4. The summed E-state index contributed by atoms with van der Waals surface area (Å²) < 4.78 is 8.33. The SMILES string of the molecule is Cn1ccc(C(=O)Nc2cccc(NC(=O)c3ccn(COc4ccccc4[N+](=O)[O-])n3)c2)n1. The molecule has 2 aromatic carbocycles. The minimum atomic E-state index is -0.537. The third-order valence-electron chi connectivity index (χ3n) is 4.61. The highest BCUT2D eigenvalue weighted by Crippen LogP contribution is 2.26. The number of hydrogen-bond acceptors (Lipinski definition) is 7. The Morgan fingerprint density at radius 2 is 1.59 bits per heavy atom. The summed E-state index contributed by atoms with van der Waals surface area (Å²) in [5.41, 5.74) is 1.16. The molecule has 12 nitrogen and oxygen atoms in total. The van der Waals surface area contributed by atoms with E-state index in [0.717, 1.165) is 0 Å². The number of amides is 2. The second-order valence-electron chi connectivity index (χ2n) is 7.10. The van der Waals surface area contributed by atoms with Crippen LogP contribution in [0.2, 0.25) is 0 Å². The number of anilines is 2. The fourth-order valence-electron chi connectivity index (χ4n) is 3.02. The van der Waals surface area contributed by atoms with E-state index in [1.807, 2.05) is 0 Å². The first kappa shape index (κ1) is 22.2. The second-order valence-corrected chi connectivity index (χ2v) is 7.10.